The number of rotatable bonds is 8. The molecule has 2 rings (SSSR count). The van der Waals surface area contributed by atoms with Crippen molar-refractivity contribution in [2.24, 2.45) is 5.73 Å². The number of aliphatic carboxylic acids is 1. The van der Waals surface area contributed by atoms with E-state index in [9.17, 15) is 24.6 Å². The largest absolute Gasteiger partial charge is 0.504 e. The van der Waals surface area contributed by atoms with Crippen molar-refractivity contribution in [3.8, 4) is 17.2 Å². The van der Waals surface area contributed by atoms with Gasteiger partial charge >= 0.3 is 5.97 Å². The van der Waals surface area contributed by atoms with Crippen molar-refractivity contribution in [1.29, 1.82) is 0 Å². The molecule has 0 bridgehead atoms. The van der Waals surface area contributed by atoms with Crippen LogP contribution in [0.1, 0.15) is 38.2 Å². The molecule has 1 aromatic rings. The van der Waals surface area contributed by atoms with E-state index in [-0.39, 0.29) is 30.8 Å². The summed E-state index contributed by atoms with van der Waals surface area (Å²) in [6.07, 6.45) is 0.823. The average Bonchev–Trinajstić information content (AvgIpc) is 2.57. The summed E-state index contributed by atoms with van der Waals surface area (Å²) in [7, 11) is 1.43. The molecule has 9 heteroatoms. The summed E-state index contributed by atoms with van der Waals surface area (Å²) in [6, 6.07) is 1.94. The molecule has 0 radical (unpaired) electrons. The molecule has 9 nitrogen and oxygen atoms in total. The molecule has 0 aromatic heterocycles. The molecule has 0 fully saturated rings. The summed E-state index contributed by atoms with van der Waals surface area (Å²) in [5.41, 5.74) is 4.99. The molecule has 27 heavy (non-hydrogen) atoms. The summed E-state index contributed by atoms with van der Waals surface area (Å²) in [5.74, 6) is -1.57. The molecule has 2 atom stereocenters. The van der Waals surface area contributed by atoms with Crippen LogP contribution in [0.25, 0.3) is 0 Å². The SMILES string of the molecule is COc1cc2c(cc1O)CCC(C)(CC(=O)N[C@@H](CCC(N)=O)C(=O)O)O2. The Morgan fingerprint density at radius 2 is 2.11 bits per heavy atom. The minimum absolute atomic E-state index is 0.0138. The Balaban J connectivity index is 2.04. The first-order chi connectivity index (χ1) is 12.6. The highest BCUT2D eigenvalue weighted by molar-refractivity contribution is 5.84. The van der Waals surface area contributed by atoms with Crippen LogP contribution in [-0.4, -0.2) is 46.7 Å². The lowest BCUT2D eigenvalue weighted by Gasteiger charge is -2.35. The molecule has 148 valence electrons. The van der Waals surface area contributed by atoms with E-state index in [1.807, 2.05) is 0 Å². The van der Waals surface area contributed by atoms with Crippen LogP contribution >= 0.6 is 0 Å². The molecule has 1 aliphatic heterocycles. The number of fused-ring (bicyclic) bond motifs is 1. The summed E-state index contributed by atoms with van der Waals surface area (Å²) in [5, 5.41) is 21.4. The summed E-state index contributed by atoms with van der Waals surface area (Å²) < 4.78 is 11.0. The fourth-order valence-corrected chi connectivity index (χ4v) is 3.02. The van der Waals surface area contributed by atoms with Crippen molar-refractivity contribution in [3.05, 3.63) is 17.7 Å². The Hall–Kier alpha value is -2.97. The fourth-order valence-electron chi connectivity index (χ4n) is 3.02. The van der Waals surface area contributed by atoms with Gasteiger partial charge < -0.3 is 30.7 Å². The second-order valence-corrected chi connectivity index (χ2v) is 6.82. The minimum Gasteiger partial charge on any atom is -0.504 e. The van der Waals surface area contributed by atoms with Gasteiger partial charge in [-0.2, -0.15) is 0 Å². The van der Waals surface area contributed by atoms with Crippen molar-refractivity contribution in [1.82, 2.24) is 5.32 Å². The zero-order chi connectivity index (χ0) is 20.2. The number of nitrogens with one attached hydrogen (secondary N) is 1. The van der Waals surface area contributed by atoms with Gasteiger partial charge in [0.25, 0.3) is 0 Å². The third kappa shape index (κ3) is 5.25. The number of carboxylic acids is 1. The third-order valence-electron chi connectivity index (χ3n) is 4.49. The van der Waals surface area contributed by atoms with Crippen LogP contribution in [0.3, 0.4) is 0 Å². The smallest absolute Gasteiger partial charge is 0.326 e. The number of amides is 2. The molecule has 1 aromatic carbocycles. The van der Waals surface area contributed by atoms with E-state index in [1.54, 1.807) is 19.1 Å². The van der Waals surface area contributed by atoms with Gasteiger partial charge in [-0.05, 0) is 37.8 Å². The van der Waals surface area contributed by atoms with E-state index in [1.165, 1.54) is 7.11 Å². The molecule has 0 saturated carbocycles. The topological polar surface area (TPSA) is 148 Å². The highest BCUT2D eigenvalue weighted by Crippen LogP contribution is 2.41. The maximum atomic E-state index is 12.3. The van der Waals surface area contributed by atoms with Gasteiger partial charge in [0.05, 0.1) is 13.5 Å². The number of hydrogen-bond donors (Lipinski definition) is 4. The number of phenols is 1. The summed E-state index contributed by atoms with van der Waals surface area (Å²) in [4.78, 5) is 34.4. The van der Waals surface area contributed by atoms with Crippen molar-refractivity contribution in [3.63, 3.8) is 0 Å². The maximum absolute atomic E-state index is 12.3. The van der Waals surface area contributed by atoms with Crippen molar-refractivity contribution >= 4 is 17.8 Å². The molecule has 1 aliphatic rings. The molecule has 0 aliphatic carbocycles. The van der Waals surface area contributed by atoms with Gasteiger partial charge in [0.15, 0.2) is 11.5 Å². The van der Waals surface area contributed by atoms with Crippen molar-refractivity contribution < 1.29 is 34.1 Å². The first-order valence-electron chi connectivity index (χ1n) is 8.53. The number of carbonyl (C=O) groups excluding carboxylic acids is 2. The zero-order valence-electron chi connectivity index (χ0n) is 15.3. The van der Waals surface area contributed by atoms with E-state index in [0.717, 1.165) is 5.56 Å². The van der Waals surface area contributed by atoms with Crippen LogP contribution in [0, 0.1) is 0 Å². The Morgan fingerprint density at radius 1 is 1.41 bits per heavy atom. The van der Waals surface area contributed by atoms with Crippen LogP contribution in [-0.2, 0) is 20.8 Å². The van der Waals surface area contributed by atoms with Gasteiger partial charge in [0.1, 0.15) is 17.4 Å². The normalized spacial score (nSPS) is 19.3. The van der Waals surface area contributed by atoms with Crippen LogP contribution in [0.5, 0.6) is 17.2 Å². The van der Waals surface area contributed by atoms with Crippen LogP contribution in [0.2, 0.25) is 0 Å². The first kappa shape index (κ1) is 20.3. The predicted octanol–water partition coefficient (Wildman–Crippen LogP) is 0.709. The number of phenolic OH excluding ortho intramolecular Hbond substituents is 1. The van der Waals surface area contributed by atoms with Gasteiger partial charge in [-0.3, -0.25) is 9.59 Å². The second kappa shape index (κ2) is 8.15. The number of benzene rings is 1. The third-order valence-corrected chi connectivity index (χ3v) is 4.49. The number of aryl methyl sites for hydroxylation is 1. The predicted molar refractivity (Wildman–Crippen MR) is 94.6 cm³/mol. The van der Waals surface area contributed by atoms with E-state index in [4.69, 9.17) is 15.2 Å². The van der Waals surface area contributed by atoms with Crippen molar-refractivity contribution in [2.75, 3.05) is 7.11 Å². The lowest BCUT2D eigenvalue weighted by Crippen LogP contribution is -2.46. The van der Waals surface area contributed by atoms with E-state index < -0.39 is 29.4 Å². The van der Waals surface area contributed by atoms with E-state index in [0.29, 0.717) is 18.6 Å². The monoisotopic (exact) mass is 380 g/mol. The maximum Gasteiger partial charge on any atom is 0.326 e. The van der Waals surface area contributed by atoms with Gasteiger partial charge in [-0.15, -0.1) is 0 Å². The molecular weight excluding hydrogens is 356 g/mol. The number of hydrogen-bond acceptors (Lipinski definition) is 6. The number of carboxylic acid groups (broad SMARTS) is 1. The fraction of sp³-hybridized carbons (Fsp3) is 0.500. The standard InChI is InChI=1S/C18H24N2O7/c1-18(9-16(23)20-11(17(24)25)3-4-15(19)22)6-5-10-7-12(21)14(26-2)8-13(10)27-18/h7-8,11,21H,3-6,9H2,1-2H3,(H2,19,22)(H,20,23)(H,24,25)/t11-,18?/m0/s1. The number of ether oxygens (including phenoxy) is 2. The molecule has 1 heterocycles. The minimum atomic E-state index is -1.23. The Morgan fingerprint density at radius 3 is 2.70 bits per heavy atom. The molecular formula is C18H24N2O7. The number of carbonyl (C=O) groups is 3. The Bertz CT molecular complexity index is 749. The zero-order valence-corrected chi connectivity index (χ0v) is 15.3. The van der Waals surface area contributed by atoms with Gasteiger partial charge in [0, 0.05) is 12.5 Å². The molecule has 2 amide bonds. The highest BCUT2D eigenvalue weighted by atomic mass is 16.5. The average molecular weight is 380 g/mol. The first-order valence-corrected chi connectivity index (χ1v) is 8.53. The molecule has 0 saturated heterocycles. The van der Waals surface area contributed by atoms with Crippen LogP contribution in [0.15, 0.2) is 12.1 Å². The van der Waals surface area contributed by atoms with E-state index in [2.05, 4.69) is 5.32 Å². The second-order valence-electron chi connectivity index (χ2n) is 6.82. The summed E-state index contributed by atoms with van der Waals surface area (Å²) in [6.45, 7) is 1.76. The van der Waals surface area contributed by atoms with Crippen molar-refractivity contribution in [2.45, 2.75) is 50.7 Å². The summed E-state index contributed by atoms with van der Waals surface area (Å²) >= 11 is 0. The van der Waals surface area contributed by atoms with Crippen LogP contribution in [0.4, 0.5) is 0 Å². The van der Waals surface area contributed by atoms with Crippen LogP contribution < -0.4 is 20.5 Å². The number of methoxy groups -OCH3 is 1. The molecule has 1 unspecified atom stereocenters. The number of primary amides is 1. The molecule has 0 spiro atoms. The Labute approximate surface area is 156 Å². The van der Waals surface area contributed by atoms with Gasteiger partial charge in [-0.25, -0.2) is 4.79 Å². The van der Waals surface area contributed by atoms with Gasteiger partial charge in [0.2, 0.25) is 11.8 Å². The number of aromatic hydroxyl groups is 1. The lowest BCUT2D eigenvalue weighted by molar-refractivity contribution is -0.142. The van der Waals surface area contributed by atoms with E-state index >= 15 is 0 Å². The Kier molecular flexibility index (Phi) is 6.14. The quantitative estimate of drug-likeness (QED) is 0.519. The number of nitrogens with two attached hydrogens (primary N) is 1. The molecule has 5 N–H and O–H groups in total. The highest BCUT2D eigenvalue weighted by Gasteiger charge is 2.35. The lowest BCUT2D eigenvalue weighted by atomic mass is 9.89. The van der Waals surface area contributed by atoms with Gasteiger partial charge in [-0.1, -0.05) is 0 Å².